The Bertz CT molecular complexity index is 1120. The number of fused-ring (bicyclic) bond motifs is 1. The van der Waals surface area contributed by atoms with E-state index in [0.717, 1.165) is 0 Å². The van der Waals surface area contributed by atoms with Crippen molar-refractivity contribution in [2.75, 3.05) is 18.0 Å². The fraction of sp³-hybridized carbons (Fsp3) is 0.450. The molecule has 1 aromatic carbocycles. The fourth-order valence-electron chi connectivity index (χ4n) is 3.31. The largest absolute Gasteiger partial charge is 0.348 e. The predicted molar refractivity (Wildman–Crippen MR) is 109 cm³/mol. The van der Waals surface area contributed by atoms with E-state index in [0.29, 0.717) is 33.4 Å². The second-order valence-corrected chi connectivity index (χ2v) is 8.94. The van der Waals surface area contributed by atoms with Crippen LogP contribution in [0.5, 0.6) is 0 Å². The van der Waals surface area contributed by atoms with Gasteiger partial charge >= 0.3 is 0 Å². The maximum Gasteiger partial charge on any atom is 0.266 e. The lowest BCUT2D eigenvalue weighted by Crippen LogP contribution is -2.27. The van der Waals surface area contributed by atoms with Gasteiger partial charge < -0.3 is 4.90 Å². The molecular weight excluding hydrogens is 414 g/mol. The summed E-state index contributed by atoms with van der Waals surface area (Å²) in [4.78, 5) is 23.3. The van der Waals surface area contributed by atoms with Crippen LogP contribution < -0.4 is 4.90 Å². The van der Waals surface area contributed by atoms with Crippen LogP contribution in [0, 0.1) is 0 Å². The molecule has 1 fully saturated rings. The van der Waals surface area contributed by atoms with Gasteiger partial charge in [-0.2, -0.15) is 0 Å². The second kappa shape index (κ2) is 7.23. The zero-order chi connectivity index (χ0) is 21.7. The van der Waals surface area contributed by atoms with E-state index < -0.39 is 17.9 Å². The number of rotatable bonds is 4. The van der Waals surface area contributed by atoms with Crippen LogP contribution in [0.1, 0.15) is 43.4 Å². The van der Waals surface area contributed by atoms with Crippen LogP contribution >= 0.6 is 11.6 Å². The molecule has 0 N–H and O–H groups in total. The topological polar surface area (TPSA) is 76.8 Å². The van der Waals surface area contributed by atoms with Gasteiger partial charge in [-0.15, -0.1) is 5.10 Å². The van der Waals surface area contributed by atoms with Gasteiger partial charge in [0.15, 0.2) is 22.8 Å². The van der Waals surface area contributed by atoms with Gasteiger partial charge in [0.1, 0.15) is 12.4 Å². The van der Waals surface area contributed by atoms with Gasteiger partial charge in [0.25, 0.3) is 5.92 Å². The van der Waals surface area contributed by atoms with Crippen LogP contribution in [0.25, 0.3) is 11.2 Å². The van der Waals surface area contributed by atoms with E-state index in [4.69, 9.17) is 11.6 Å². The number of hydrogen-bond acceptors (Lipinski definition) is 6. The van der Waals surface area contributed by atoms with Gasteiger partial charge in [0.2, 0.25) is 0 Å². The summed E-state index contributed by atoms with van der Waals surface area (Å²) in [5.41, 5.74) is 0.655. The van der Waals surface area contributed by atoms with E-state index in [2.05, 4.69) is 20.3 Å². The van der Waals surface area contributed by atoms with Gasteiger partial charge in [-0.3, -0.25) is 4.79 Å². The van der Waals surface area contributed by atoms with E-state index in [1.54, 1.807) is 24.3 Å². The minimum atomic E-state index is -2.78. The van der Waals surface area contributed by atoms with Crippen molar-refractivity contribution in [2.45, 2.75) is 45.1 Å². The first-order valence-corrected chi connectivity index (χ1v) is 9.94. The summed E-state index contributed by atoms with van der Waals surface area (Å²) in [6.45, 7) is 5.42. The monoisotopic (exact) mass is 434 g/mol. The van der Waals surface area contributed by atoms with Crippen LogP contribution in [0.15, 0.2) is 24.3 Å². The van der Waals surface area contributed by atoms with Crippen molar-refractivity contribution in [3.63, 3.8) is 0 Å². The summed E-state index contributed by atoms with van der Waals surface area (Å²) in [6, 6.07) is 6.63. The van der Waals surface area contributed by atoms with Crippen molar-refractivity contribution in [1.82, 2.24) is 25.0 Å². The van der Waals surface area contributed by atoms with Gasteiger partial charge in [0, 0.05) is 29.0 Å². The Morgan fingerprint density at radius 2 is 2.03 bits per heavy atom. The zero-order valence-corrected chi connectivity index (χ0v) is 17.6. The highest BCUT2D eigenvalue weighted by molar-refractivity contribution is 6.31. The molecular formula is C20H21ClF2N6O. The molecule has 3 heterocycles. The number of anilines is 1. The Labute approximate surface area is 177 Å². The lowest BCUT2D eigenvalue weighted by molar-refractivity contribution is 0.0257. The number of ketones is 1. The molecule has 1 saturated heterocycles. The van der Waals surface area contributed by atoms with Gasteiger partial charge in [0.05, 0.1) is 6.54 Å². The quantitative estimate of drug-likeness (QED) is 0.579. The van der Waals surface area contributed by atoms with Crippen molar-refractivity contribution >= 4 is 34.4 Å². The number of Topliss-reactive ketones (excluding diaryl/α,β-unsaturated/α-hetero) is 1. The molecule has 0 saturated carbocycles. The van der Waals surface area contributed by atoms with Crippen molar-refractivity contribution in [2.24, 2.45) is 0 Å². The van der Waals surface area contributed by atoms with Crippen LogP contribution in [0.2, 0.25) is 5.02 Å². The van der Waals surface area contributed by atoms with E-state index >= 15 is 0 Å². The number of carbonyl (C=O) groups excluding carboxylic acids is 1. The Morgan fingerprint density at radius 1 is 1.27 bits per heavy atom. The first-order chi connectivity index (χ1) is 14.0. The lowest BCUT2D eigenvalue weighted by Gasteiger charge is -2.22. The van der Waals surface area contributed by atoms with Crippen molar-refractivity contribution in [1.29, 1.82) is 0 Å². The summed E-state index contributed by atoms with van der Waals surface area (Å²) in [6.07, 6.45) is -0.245. The first kappa shape index (κ1) is 20.6. The minimum absolute atomic E-state index is 0.104. The summed E-state index contributed by atoms with van der Waals surface area (Å²) in [5.74, 6) is -2.20. The molecule has 4 rings (SSSR count). The molecule has 30 heavy (non-hydrogen) atoms. The highest BCUT2D eigenvalue weighted by atomic mass is 35.5. The Morgan fingerprint density at radius 3 is 2.67 bits per heavy atom. The normalized spacial score (nSPS) is 16.4. The highest BCUT2D eigenvalue weighted by Crippen LogP contribution is 2.34. The summed E-state index contributed by atoms with van der Waals surface area (Å²) >= 11 is 5.98. The van der Waals surface area contributed by atoms with Crippen LogP contribution in [-0.4, -0.2) is 49.8 Å². The van der Waals surface area contributed by atoms with E-state index in [1.807, 2.05) is 20.8 Å². The van der Waals surface area contributed by atoms with E-state index in [-0.39, 0.29) is 25.3 Å². The number of halogens is 3. The molecule has 1 aliphatic rings. The molecule has 0 spiro atoms. The van der Waals surface area contributed by atoms with Gasteiger partial charge in [-0.25, -0.2) is 23.4 Å². The zero-order valence-electron chi connectivity index (χ0n) is 16.9. The van der Waals surface area contributed by atoms with E-state index in [9.17, 15) is 13.6 Å². The number of benzene rings is 1. The summed E-state index contributed by atoms with van der Waals surface area (Å²) in [7, 11) is 0. The molecule has 1 aliphatic heterocycles. The number of hydrogen-bond donors (Lipinski definition) is 0. The average Bonchev–Trinajstić information content (AvgIpc) is 3.23. The smallest absolute Gasteiger partial charge is 0.266 e. The molecule has 0 aliphatic carbocycles. The van der Waals surface area contributed by atoms with Crippen LogP contribution in [0.3, 0.4) is 0 Å². The Hall–Kier alpha value is -2.68. The molecule has 0 bridgehead atoms. The number of alkyl halides is 2. The molecule has 0 amide bonds. The molecule has 7 nitrogen and oxygen atoms in total. The first-order valence-electron chi connectivity index (χ1n) is 9.57. The molecule has 0 unspecified atom stereocenters. The predicted octanol–water partition coefficient (Wildman–Crippen LogP) is 3.90. The van der Waals surface area contributed by atoms with Crippen LogP contribution in [0.4, 0.5) is 14.6 Å². The second-order valence-electron chi connectivity index (χ2n) is 8.50. The number of carbonyl (C=O) groups is 1. The third-order valence-electron chi connectivity index (χ3n) is 4.92. The minimum Gasteiger partial charge on any atom is -0.348 e. The summed E-state index contributed by atoms with van der Waals surface area (Å²) < 4.78 is 29.0. The van der Waals surface area contributed by atoms with E-state index in [1.165, 1.54) is 9.58 Å². The Kier molecular flexibility index (Phi) is 4.96. The lowest BCUT2D eigenvalue weighted by atomic mass is 9.96. The standard InChI is InChI=1S/C20H21ClF2N6O/c1-19(2,3)18-24-16(28-8-7-20(22,23)11-28)15-17(25-18)29(27-26-15)10-14(30)12-5-4-6-13(21)9-12/h4-6,9H,7-8,10-11H2,1-3H3. The molecule has 2 aromatic heterocycles. The van der Waals surface area contributed by atoms with Gasteiger partial charge in [-0.05, 0) is 12.1 Å². The fourth-order valence-corrected chi connectivity index (χ4v) is 3.50. The molecule has 0 atom stereocenters. The maximum absolute atomic E-state index is 13.8. The number of nitrogens with zero attached hydrogens (tertiary/aromatic N) is 6. The number of aromatic nitrogens is 5. The molecule has 10 heteroatoms. The van der Waals surface area contributed by atoms with Crippen molar-refractivity contribution in [3.05, 3.63) is 40.7 Å². The molecule has 0 radical (unpaired) electrons. The average molecular weight is 435 g/mol. The molecule has 3 aromatic rings. The molecule has 158 valence electrons. The van der Waals surface area contributed by atoms with Crippen molar-refractivity contribution < 1.29 is 13.6 Å². The Balaban J connectivity index is 1.77. The van der Waals surface area contributed by atoms with Crippen molar-refractivity contribution in [3.8, 4) is 0 Å². The highest BCUT2D eigenvalue weighted by Gasteiger charge is 2.40. The maximum atomic E-state index is 13.8. The van der Waals surface area contributed by atoms with Crippen LogP contribution in [-0.2, 0) is 12.0 Å². The summed E-state index contributed by atoms with van der Waals surface area (Å²) in [5, 5.41) is 8.65. The van der Waals surface area contributed by atoms with Gasteiger partial charge in [-0.1, -0.05) is 49.7 Å². The SMILES string of the molecule is CC(C)(C)c1nc(N2CCC(F)(F)C2)c2nnn(CC(=O)c3cccc(Cl)c3)c2n1. The third kappa shape index (κ3) is 3.98. The third-order valence-corrected chi connectivity index (χ3v) is 5.16.